The van der Waals surface area contributed by atoms with E-state index in [4.69, 9.17) is 21.8 Å². The van der Waals surface area contributed by atoms with Crippen molar-refractivity contribution in [3.63, 3.8) is 0 Å². The van der Waals surface area contributed by atoms with E-state index in [2.05, 4.69) is 41.0 Å². The maximum atomic E-state index is 8.90. The second-order valence-electron chi connectivity index (χ2n) is 12.1. The number of hydrogen-bond acceptors (Lipinski definition) is 3. The lowest BCUT2D eigenvalue weighted by atomic mass is 10.0. The number of nitrogens with zero attached hydrogens (tertiary/aromatic N) is 5. The van der Waals surface area contributed by atoms with Gasteiger partial charge in [0, 0.05) is 38.4 Å². The van der Waals surface area contributed by atoms with Gasteiger partial charge in [-0.1, -0.05) is 133 Å². The summed E-state index contributed by atoms with van der Waals surface area (Å²) in [7, 11) is 0. The Morgan fingerprint density at radius 1 is 0.400 bits per heavy atom. The zero-order valence-electron chi connectivity index (χ0n) is 31.6. The highest BCUT2D eigenvalue weighted by Gasteiger charge is 2.22. The van der Waals surface area contributed by atoms with Gasteiger partial charge in [-0.05, 0) is 53.5 Å². The summed E-state index contributed by atoms with van der Waals surface area (Å²) in [5.74, 6) is 1.52. The van der Waals surface area contributed by atoms with E-state index in [0.29, 0.717) is 23.1 Å². The lowest BCUT2D eigenvalue weighted by Gasteiger charge is -2.12. The van der Waals surface area contributed by atoms with E-state index in [9.17, 15) is 0 Å². The average Bonchev–Trinajstić information content (AvgIpc) is 3.76. The Morgan fingerprint density at radius 2 is 0.920 bits per heavy atom. The average molecular weight is 645 g/mol. The van der Waals surface area contributed by atoms with Crippen molar-refractivity contribution >= 4 is 43.6 Å². The fraction of sp³-hybridized carbons (Fsp3) is 0. The Hall–Kier alpha value is -6.85. The molecule has 0 aliphatic rings. The third-order valence-electron chi connectivity index (χ3n) is 9.27. The first kappa shape index (κ1) is 23.5. The molecule has 50 heavy (non-hydrogen) atoms. The van der Waals surface area contributed by atoms with Crippen molar-refractivity contribution in [1.29, 1.82) is 0 Å². The first-order valence-electron chi connectivity index (χ1n) is 18.9. The predicted octanol–water partition coefficient (Wildman–Crippen LogP) is 11.1. The molecule has 0 saturated carbocycles. The molecule has 5 heteroatoms. The molecule has 0 aliphatic carbocycles. The number of rotatable bonds is 5. The van der Waals surface area contributed by atoms with Crippen LogP contribution in [-0.2, 0) is 0 Å². The molecule has 0 aliphatic heterocycles. The largest absolute Gasteiger partial charge is 0.309 e. The Balaban J connectivity index is 1.29. The van der Waals surface area contributed by atoms with Gasteiger partial charge in [-0.25, -0.2) is 4.98 Å². The van der Waals surface area contributed by atoms with Gasteiger partial charge >= 0.3 is 0 Å². The van der Waals surface area contributed by atoms with Crippen LogP contribution >= 0.6 is 0 Å². The van der Waals surface area contributed by atoms with Crippen molar-refractivity contribution in [2.75, 3.05) is 0 Å². The number of para-hydroxylation sites is 3. The first-order valence-corrected chi connectivity index (χ1v) is 16.4. The van der Waals surface area contributed by atoms with Crippen molar-refractivity contribution in [2.24, 2.45) is 0 Å². The number of aromatic nitrogens is 5. The Kier molecular flexibility index (Phi) is 5.35. The van der Waals surface area contributed by atoms with Crippen LogP contribution in [0.15, 0.2) is 176 Å². The smallest absolute Gasteiger partial charge is 0.238 e. The van der Waals surface area contributed by atoms with E-state index in [1.807, 2.05) is 109 Å². The summed E-state index contributed by atoms with van der Waals surface area (Å²) in [5, 5.41) is 3.67. The number of benzene rings is 7. The quantitative estimate of drug-likeness (QED) is 0.187. The molecule has 5 nitrogen and oxygen atoms in total. The summed E-state index contributed by atoms with van der Waals surface area (Å²) < 4.78 is 46.8. The van der Waals surface area contributed by atoms with Gasteiger partial charge in [-0.3, -0.25) is 4.57 Å². The van der Waals surface area contributed by atoms with Crippen LogP contribution in [0.4, 0.5) is 0 Å². The van der Waals surface area contributed by atoms with Crippen LogP contribution in [0.25, 0.3) is 89.2 Å². The molecule has 234 valence electrons. The highest BCUT2D eigenvalue weighted by molar-refractivity contribution is 6.28. The molecule has 0 spiro atoms. The van der Waals surface area contributed by atoms with Gasteiger partial charge in [-0.2, -0.15) is 9.97 Å². The molecule has 7 aromatic carbocycles. The maximum Gasteiger partial charge on any atom is 0.238 e. The minimum absolute atomic E-state index is 0.104. The third kappa shape index (κ3) is 4.45. The van der Waals surface area contributed by atoms with Crippen LogP contribution in [0.1, 0.15) is 6.85 Å². The SMILES string of the molecule is [2H]c1c([2H])c([2H])c(-n2c3ccccc3c3c4c5ccccc5n(-c5nc(-c6ccccc6)nc(-c6cccc(-c7ccccc7)c6)n5)c4ccc32)c([2H])c1[2H]. The van der Waals surface area contributed by atoms with E-state index >= 15 is 0 Å². The molecule has 0 atom stereocenters. The van der Waals surface area contributed by atoms with Crippen LogP contribution in [-0.4, -0.2) is 24.1 Å². The van der Waals surface area contributed by atoms with Gasteiger partial charge in [0.1, 0.15) is 0 Å². The zero-order valence-corrected chi connectivity index (χ0v) is 26.6. The van der Waals surface area contributed by atoms with E-state index in [-0.39, 0.29) is 29.9 Å². The van der Waals surface area contributed by atoms with Gasteiger partial charge in [0.25, 0.3) is 0 Å². The van der Waals surface area contributed by atoms with Crippen molar-refractivity contribution in [3.8, 4) is 45.5 Å². The third-order valence-corrected chi connectivity index (χ3v) is 9.27. The molecule has 0 bridgehead atoms. The van der Waals surface area contributed by atoms with Gasteiger partial charge in [0.2, 0.25) is 5.95 Å². The van der Waals surface area contributed by atoms with Crippen LogP contribution in [0, 0.1) is 0 Å². The van der Waals surface area contributed by atoms with Crippen molar-refractivity contribution in [1.82, 2.24) is 24.1 Å². The molecule has 0 amide bonds. The molecule has 10 aromatic rings. The second-order valence-corrected chi connectivity index (χ2v) is 12.1. The Bertz CT molecular complexity index is 3130. The molecular weight excluding hydrogens is 611 g/mol. The Labute approximate surface area is 295 Å². The summed E-state index contributed by atoms with van der Waals surface area (Å²) in [6.07, 6.45) is 0. The number of fused-ring (bicyclic) bond motifs is 7. The van der Waals surface area contributed by atoms with E-state index in [1.54, 1.807) is 4.57 Å². The van der Waals surface area contributed by atoms with Crippen LogP contribution < -0.4 is 0 Å². The lowest BCUT2D eigenvalue weighted by molar-refractivity contribution is 0.953. The predicted molar refractivity (Wildman–Crippen MR) is 205 cm³/mol. The van der Waals surface area contributed by atoms with Crippen molar-refractivity contribution in [3.05, 3.63) is 176 Å². The maximum absolute atomic E-state index is 8.90. The molecular formula is C45H29N5. The molecule has 0 radical (unpaired) electrons. The topological polar surface area (TPSA) is 48.5 Å². The standard InChI is InChI=1S/C45H29N5/c1-4-15-30(16-5-1)32-19-14-20-33(29-32)44-46-43(31-17-6-2-7-18-31)47-45(48-44)50-38-26-13-11-24-36(38)42-40(50)28-27-39-41(42)35-23-10-12-25-37(35)49(39)34-21-8-3-9-22-34/h1-29H/i3D,8D,9D,21D,22D. The fourth-order valence-corrected chi connectivity index (χ4v) is 7.11. The molecule has 3 aromatic heterocycles. The summed E-state index contributed by atoms with van der Waals surface area (Å²) in [4.78, 5) is 15.3. The normalized spacial score (nSPS) is 13.0. The molecule has 0 unspecified atom stereocenters. The van der Waals surface area contributed by atoms with E-state index in [1.165, 1.54) is 0 Å². The molecule has 3 heterocycles. The highest BCUT2D eigenvalue weighted by Crippen LogP contribution is 2.42. The van der Waals surface area contributed by atoms with Crippen molar-refractivity contribution in [2.45, 2.75) is 0 Å². The summed E-state index contributed by atoms with van der Waals surface area (Å²) in [6.45, 7) is 0. The molecule has 0 fully saturated rings. The summed E-state index contributed by atoms with van der Waals surface area (Å²) in [5.41, 5.74) is 7.15. The van der Waals surface area contributed by atoms with Crippen molar-refractivity contribution < 1.29 is 6.85 Å². The molecule has 10 rings (SSSR count). The monoisotopic (exact) mass is 644 g/mol. The zero-order chi connectivity index (χ0) is 37.4. The highest BCUT2D eigenvalue weighted by atomic mass is 15.2. The minimum atomic E-state index is -0.427. The van der Waals surface area contributed by atoms with Crippen LogP contribution in [0.2, 0.25) is 0 Å². The minimum Gasteiger partial charge on any atom is -0.309 e. The lowest BCUT2D eigenvalue weighted by Crippen LogP contribution is -2.06. The molecule has 0 saturated heterocycles. The Morgan fingerprint density at radius 3 is 1.60 bits per heavy atom. The summed E-state index contributed by atoms with van der Waals surface area (Å²) in [6, 6.07) is 46.5. The fourth-order valence-electron chi connectivity index (χ4n) is 7.11. The van der Waals surface area contributed by atoms with Gasteiger partial charge in [0.05, 0.1) is 28.9 Å². The van der Waals surface area contributed by atoms with Crippen LogP contribution in [0.3, 0.4) is 0 Å². The van der Waals surface area contributed by atoms with E-state index in [0.717, 1.165) is 60.3 Å². The van der Waals surface area contributed by atoms with E-state index < -0.39 is 6.04 Å². The molecule has 0 N–H and O–H groups in total. The van der Waals surface area contributed by atoms with Gasteiger partial charge in [0.15, 0.2) is 11.6 Å². The summed E-state index contributed by atoms with van der Waals surface area (Å²) >= 11 is 0. The first-order chi connectivity index (χ1) is 26.9. The second kappa shape index (κ2) is 11.4. The number of hydrogen-bond donors (Lipinski definition) is 0. The van der Waals surface area contributed by atoms with Gasteiger partial charge in [-0.15, -0.1) is 0 Å². The van der Waals surface area contributed by atoms with Gasteiger partial charge < -0.3 is 4.57 Å². The van der Waals surface area contributed by atoms with Crippen LogP contribution in [0.5, 0.6) is 0 Å².